The molecule has 5 unspecified atom stereocenters. The first-order valence-electron chi connectivity index (χ1n) is 38.7. The number of carbonyl (C=O) groups excluding carboxylic acids is 4. The summed E-state index contributed by atoms with van der Waals surface area (Å²) >= 11 is 0. The number of esters is 4. The Morgan fingerprint density at radius 3 is 0.912 bits per heavy atom. The summed E-state index contributed by atoms with van der Waals surface area (Å²) in [5.41, 5.74) is 0. The van der Waals surface area contributed by atoms with Gasteiger partial charge in [0.15, 0.2) is 12.2 Å². The third-order valence-electron chi connectivity index (χ3n) is 15.5. The fraction of sp³-hybridized carbons (Fsp3) is 0.639. The molecule has 0 saturated heterocycles. The molecular formula is C83H136O17P2. The van der Waals surface area contributed by atoms with E-state index in [9.17, 15) is 43.2 Å². The summed E-state index contributed by atoms with van der Waals surface area (Å²) in [5, 5.41) is 10.6. The second kappa shape index (κ2) is 74.0. The molecule has 0 saturated carbocycles. The second-order valence-electron chi connectivity index (χ2n) is 25.2. The highest BCUT2D eigenvalue weighted by Crippen LogP contribution is 2.45. The Labute approximate surface area is 617 Å². The molecule has 0 rings (SSSR count). The molecule has 580 valence electrons. The largest absolute Gasteiger partial charge is 0.472 e. The normalized spacial score (nSPS) is 14.8. The van der Waals surface area contributed by atoms with Gasteiger partial charge in [0.05, 0.1) is 32.8 Å². The topological polar surface area (TPSA) is 237 Å². The number of hydrogen-bond donors (Lipinski definition) is 3. The maximum atomic E-state index is 13.1. The number of allylic oxidation sites excluding steroid dienone is 25. The van der Waals surface area contributed by atoms with Crippen molar-refractivity contribution < 1.29 is 80.2 Å². The minimum absolute atomic E-state index is 0.0545. The van der Waals surface area contributed by atoms with Gasteiger partial charge >= 0.3 is 39.5 Å². The quantitative estimate of drug-likeness (QED) is 0.0169. The summed E-state index contributed by atoms with van der Waals surface area (Å²) in [6.07, 6.45) is 85.4. The Kier molecular flexibility index (Phi) is 70.1. The average molecular weight is 1470 g/mol. The maximum Gasteiger partial charge on any atom is 0.472 e. The Bertz CT molecular complexity index is 2550. The van der Waals surface area contributed by atoms with Crippen LogP contribution in [0.5, 0.6) is 0 Å². The molecule has 102 heavy (non-hydrogen) atoms. The lowest BCUT2D eigenvalue weighted by atomic mass is 10.1. The highest BCUT2D eigenvalue weighted by molar-refractivity contribution is 7.47. The SMILES string of the molecule is CC/C=C\C/C=C\C/C=C\C/C=C\C/C=C\CC(=O)OCC(COP(=O)(O)OCC(O)COP(=O)(O)OCC(COC(=O)CCCCCCCC/C=C\C/C=C\C/C=C\C/C=C\CC)OC(=O)CCCCCCC/C=C\C/C=C\CCC)OC(=O)CCCCCCC/C=C\C/C=C\CCCCC. The number of phosphoric acid groups is 2. The number of aliphatic hydroxyl groups is 1. The average Bonchev–Trinajstić information content (AvgIpc) is 0.919. The number of unbranched alkanes of at least 4 members (excludes halogenated alkanes) is 20. The van der Waals surface area contributed by atoms with Crippen LogP contribution in [-0.4, -0.2) is 96.7 Å². The van der Waals surface area contributed by atoms with Crippen molar-refractivity contribution in [3.05, 3.63) is 158 Å². The van der Waals surface area contributed by atoms with Crippen LogP contribution < -0.4 is 0 Å². The third-order valence-corrected chi connectivity index (χ3v) is 17.4. The molecule has 0 bridgehead atoms. The summed E-state index contributed by atoms with van der Waals surface area (Å²) in [5.74, 6) is -2.38. The molecule has 0 fully saturated rings. The molecule has 0 amide bonds. The Morgan fingerprint density at radius 1 is 0.294 bits per heavy atom. The number of aliphatic hydroxyl groups excluding tert-OH is 1. The zero-order valence-electron chi connectivity index (χ0n) is 63.2. The van der Waals surface area contributed by atoms with Crippen LogP contribution in [0.3, 0.4) is 0 Å². The van der Waals surface area contributed by atoms with E-state index < -0.39 is 97.5 Å². The molecule has 19 heteroatoms. The van der Waals surface area contributed by atoms with Crippen LogP contribution in [0.2, 0.25) is 0 Å². The van der Waals surface area contributed by atoms with Crippen molar-refractivity contribution in [2.24, 2.45) is 0 Å². The first-order chi connectivity index (χ1) is 49.7. The predicted molar refractivity (Wildman–Crippen MR) is 417 cm³/mol. The van der Waals surface area contributed by atoms with Gasteiger partial charge in [-0.1, -0.05) is 269 Å². The molecule has 0 heterocycles. The van der Waals surface area contributed by atoms with E-state index in [2.05, 4.69) is 161 Å². The third kappa shape index (κ3) is 73.0. The van der Waals surface area contributed by atoms with Crippen molar-refractivity contribution in [2.75, 3.05) is 39.6 Å². The number of ether oxygens (including phenoxy) is 4. The lowest BCUT2D eigenvalue weighted by Crippen LogP contribution is -2.30. The van der Waals surface area contributed by atoms with E-state index in [0.29, 0.717) is 25.7 Å². The molecule has 0 aromatic rings. The molecule has 0 aliphatic rings. The van der Waals surface area contributed by atoms with Crippen molar-refractivity contribution in [2.45, 2.75) is 303 Å². The number of rotatable bonds is 71. The van der Waals surface area contributed by atoms with Crippen LogP contribution in [-0.2, 0) is 65.4 Å². The van der Waals surface area contributed by atoms with Crippen molar-refractivity contribution >= 4 is 39.5 Å². The lowest BCUT2D eigenvalue weighted by Gasteiger charge is -2.21. The smallest absolute Gasteiger partial charge is 0.462 e. The molecule has 0 aromatic carbocycles. The molecule has 0 radical (unpaired) electrons. The zero-order chi connectivity index (χ0) is 74.6. The summed E-state index contributed by atoms with van der Waals surface area (Å²) in [6.45, 7) is 4.38. The van der Waals surface area contributed by atoms with E-state index in [0.717, 1.165) is 186 Å². The van der Waals surface area contributed by atoms with Crippen LogP contribution in [0.25, 0.3) is 0 Å². The van der Waals surface area contributed by atoms with Gasteiger partial charge in [0.2, 0.25) is 0 Å². The second-order valence-corrected chi connectivity index (χ2v) is 28.1. The first-order valence-corrected chi connectivity index (χ1v) is 41.7. The Morgan fingerprint density at radius 2 is 0.569 bits per heavy atom. The minimum Gasteiger partial charge on any atom is -0.462 e. The van der Waals surface area contributed by atoms with Crippen LogP contribution in [0.1, 0.15) is 285 Å². The van der Waals surface area contributed by atoms with Gasteiger partial charge in [-0.3, -0.25) is 37.3 Å². The molecule has 5 atom stereocenters. The van der Waals surface area contributed by atoms with Gasteiger partial charge in [-0.05, 0) is 148 Å². The van der Waals surface area contributed by atoms with E-state index in [1.54, 1.807) is 6.08 Å². The molecular weight excluding hydrogens is 1330 g/mol. The van der Waals surface area contributed by atoms with Gasteiger partial charge in [-0.25, -0.2) is 9.13 Å². The van der Waals surface area contributed by atoms with Crippen molar-refractivity contribution in [1.82, 2.24) is 0 Å². The molecule has 0 aromatic heterocycles. The summed E-state index contributed by atoms with van der Waals surface area (Å²) in [6, 6.07) is 0. The van der Waals surface area contributed by atoms with Crippen LogP contribution in [0.15, 0.2) is 158 Å². The van der Waals surface area contributed by atoms with E-state index in [-0.39, 0.29) is 25.7 Å². The fourth-order valence-corrected chi connectivity index (χ4v) is 11.2. The zero-order valence-corrected chi connectivity index (χ0v) is 65.0. The molecule has 0 aliphatic carbocycles. The molecule has 17 nitrogen and oxygen atoms in total. The minimum atomic E-state index is -5.01. The highest BCUT2D eigenvalue weighted by atomic mass is 31.2. The van der Waals surface area contributed by atoms with Gasteiger partial charge in [0.1, 0.15) is 19.3 Å². The van der Waals surface area contributed by atoms with Gasteiger partial charge in [-0.15, -0.1) is 0 Å². The number of phosphoric ester groups is 2. The van der Waals surface area contributed by atoms with Gasteiger partial charge in [0.25, 0.3) is 0 Å². The van der Waals surface area contributed by atoms with E-state index in [1.165, 1.54) is 19.3 Å². The van der Waals surface area contributed by atoms with E-state index in [1.807, 2.05) is 18.2 Å². The molecule has 0 aliphatic heterocycles. The van der Waals surface area contributed by atoms with E-state index in [4.69, 9.17) is 37.0 Å². The Balaban J connectivity index is 5.44. The molecule has 0 spiro atoms. The molecule has 3 N–H and O–H groups in total. The van der Waals surface area contributed by atoms with Gasteiger partial charge < -0.3 is 33.8 Å². The van der Waals surface area contributed by atoms with Crippen LogP contribution in [0, 0.1) is 0 Å². The number of carbonyl (C=O) groups is 4. The Hall–Kier alpha value is -5.32. The highest BCUT2D eigenvalue weighted by Gasteiger charge is 2.30. The van der Waals surface area contributed by atoms with Crippen LogP contribution >= 0.6 is 15.6 Å². The summed E-state index contributed by atoms with van der Waals surface area (Å²) in [7, 11) is -10.0. The van der Waals surface area contributed by atoms with Crippen molar-refractivity contribution in [3.8, 4) is 0 Å². The standard InChI is InChI=1S/C83H136O17P2/c1-5-9-13-17-21-25-29-33-36-37-38-39-42-45-48-52-56-60-64-68-81(86)94-73-78(99-82(87)69-65-61-57-53-49-43-32-28-24-20-16-12-8-4)75-97-101(89,90)95-71-77(84)72-96-102(91,92)98-76-79(100-83(88)70-66-62-58-54-50-46-41-35-31-27-23-19-15-11-7-3)74-93-80(85)67-63-59-55-51-47-44-40-34-30-26-22-18-14-10-6-2/h9-10,13-14,16,20-23,25-28,32-36,38-41,47,51,59,63,77-79,84H,5-8,11-12,15,17-19,24,29-31,37,42-46,48-50,52-58,60-62,64-76H2,1-4H3,(H,89,90)(H,91,92)/b13-9-,14-10-,20-16-,25-21-,26-22-,27-23-,32-28-,36-33-,39-38-,40-34-,41-35-,51-47-,63-59-. The maximum absolute atomic E-state index is 13.1. The first kappa shape index (κ1) is 96.7. The van der Waals surface area contributed by atoms with Gasteiger partial charge in [-0.2, -0.15) is 0 Å². The van der Waals surface area contributed by atoms with Gasteiger partial charge in [0, 0.05) is 19.3 Å². The van der Waals surface area contributed by atoms with E-state index >= 15 is 0 Å². The summed E-state index contributed by atoms with van der Waals surface area (Å²) < 4.78 is 68.4. The fourth-order valence-electron chi connectivity index (χ4n) is 9.65. The van der Waals surface area contributed by atoms with Crippen LogP contribution in [0.4, 0.5) is 0 Å². The summed E-state index contributed by atoms with van der Waals surface area (Å²) in [4.78, 5) is 72.9. The predicted octanol–water partition coefficient (Wildman–Crippen LogP) is 22.4. The number of hydrogen-bond acceptors (Lipinski definition) is 15. The van der Waals surface area contributed by atoms with Crippen molar-refractivity contribution in [3.63, 3.8) is 0 Å². The monoisotopic (exact) mass is 1470 g/mol. The lowest BCUT2D eigenvalue weighted by molar-refractivity contribution is -0.161. The van der Waals surface area contributed by atoms with Crippen molar-refractivity contribution in [1.29, 1.82) is 0 Å².